The lowest BCUT2D eigenvalue weighted by Crippen LogP contribution is -2.26. The fourth-order valence-corrected chi connectivity index (χ4v) is 4.55. The summed E-state index contributed by atoms with van der Waals surface area (Å²) in [6, 6.07) is 18.5. The monoisotopic (exact) mass is 522 g/mol. The summed E-state index contributed by atoms with van der Waals surface area (Å²) in [7, 11) is 0. The van der Waals surface area contributed by atoms with E-state index < -0.39 is 0 Å². The van der Waals surface area contributed by atoms with Crippen molar-refractivity contribution in [3.63, 3.8) is 0 Å². The number of benzene rings is 2. The summed E-state index contributed by atoms with van der Waals surface area (Å²) in [5.41, 5.74) is 4.99. The van der Waals surface area contributed by atoms with E-state index in [1.807, 2.05) is 62.4 Å². The summed E-state index contributed by atoms with van der Waals surface area (Å²) in [4.78, 5) is 25.3. The Bertz CT molecular complexity index is 1380. The molecular weight excluding hydrogens is 495 g/mol. The van der Waals surface area contributed by atoms with Gasteiger partial charge in [-0.15, -0.1) is 0 Å². The van der Waals surface area contributed by atoms with Crippen molar-refractivity contribution in [1.29, 1.82) is 0 Å². The predicted molar refractivity (Wildman–Crippen MR) is 144 cm³/mol. The van der Waals surface area contributed by atoms with Gasteiger partial charge in [0.15, 0.2) is 0 Å². The van der Waals surface area contributed by atoms with E-state index in [4.69, 9.17) is 23.2 Å². The Balaban J connectivity index is 1.36. The van der Waals surface area contributed by atoms with Gasteiger partial charge in [-0.3, -0.25) is 9.59 Å². The molecule has 2 aromatic carbocycles. The van der Waals surface area contributed by atoms with Gasteiger partial charge in [-0.25, -0.2) is 9.36 Å². The molecule has 8 heteroatoms. The molecule has 0 radical (unpaired) electrons. The highest BCUT2D eigenvalue weighted by Gasteiger charge is 2.10. The maximum absolute atomic E-state index is 12.6. The molecule has 0 saturated carbocycles. The van der Waals surface area contributed by atoms with E-state index in [0.29, 0.717) is 48.8 Å². The highest BCUT2D eigenvalue weighted by Crippen LogP contribution is 2.20. The van der Waals surface area contributed by atoms with Crippen LogP contribution in [0.1, 0.15) is 46.5 Å². The highest BCUT2D eigenvalue weighted by molar-refractivity contribution is 6.31. The molecule has 186 valence electrons. The minimum absolute atomic E-state index is 0.141. The molecule has 0 saturated heterocycles. The van der Waals surface area contributed by atoms with Crippen molar-refractivity contribution in [2.75, 3.05) is 0 Å². The largest absolute Gasteiger partial charge is 0.268 e. The first-order valence-electron chi connectivity index (χ1n) is 11.9. The molecule has 0 unspecified atom stereocenters. The van der Waals surface area contributed by atoms with Crippen molar-refractivity contribution in [1.82, 2.24) is 19.6 Å². The van der Waals surface area contributed by atoms with Crippen LogP contribution in [0.4, 0.5) is 0 Å². The van der Waals surface area contributed by atoms with Crippen LogP contribution in [0, 0.1) is 13.8 Å². The average Bonchev–Trinajstić information content (AvgIpc) is 2.85. The molecule has 0 aliphatic heterocycles. The van der Waals surface area contributed by atoms with Crippen molar-refractivity contribution in [3.8, 4) is 0 Å². The number of unbranched alkanes of at least 4 members (excludes halogenated alkanes) is 1. The molecule has 0 N–H and O–H groups in total. The Morgan fingerprint density at radius 2 is 1.03 bits per heavy atom. The van der Waals surface area contributed by atoms with Gasteiger partial charge in [-0.05, 0) is 61.1 Å². The first-order chi connectivity index (χ1) is 17.3. The van der Waals surface area contributed by atoms with Crippen LogP contribution in [-0.4, -0.2) is 19.6 Å². The van der Waals surface area contributed by atoms with Gasteiger partial charge in [0.1, 0.15) is 0 Å². The van der Waals surface area contributed by atoms with Gasteiger partial charge in [0.25, 0.3) is 11.1 Å². The minimum Gasteiger partial charge on any atom is -0.268 e. The normalized spacial score (nSPS) is 11.1. The fraction of sp³-hybridized carbons (Fsp3) is 0.286. The molecule has 2 heterocycles. The van der Waals surface area contributed by atoms with Crippen LogP contribution in [0.25, 0.3) is 0 Å². The number of halogens is 2. The average molecular weight is 523 g/mol. The molecule has 6 nitrogen and oxygen atoms in total. The smallest absolute Gasteiger partial charge is 0.267 e. The second-order valence-electron chi connectivity index (χ2n) is 8.88. The van der Waals surface area contributed by atoms with E-state index in [2.05, 4.69) is 10.2 Å². The Morgan fingerprint density at radius 1 is 0.639 bits per heavy atom. The summed E-state index contributed by atoms with van der Waals surface area (Å²) in [5.74, 6) is 0. The number of rotatable bonds is 9. The van der Waals surface area contributed by atoms with Crippen LogP contribution in [0.2, 0.25) is 10.0 Å². The number of hydrogen-bond donors (Lipinski definition) is 0. The summed E-state index contributed by atoms with van der Waals surface area (Å²) >= 11 is 12.5. The Hall–Kier alpha value is -3.22. The second kappa shape index (κ2) is 11.7. The third-order valence-corrected chi connectivity index (χ3v) is 6.98. The zero-order valence-corrected chi connectivity index (χ0v) is 21.9. The Labute approximate surface area is 220 Å². The number of hydrogen-bond acceptors (Lipinski definition) is 4. The molecule has 0 bridgehead atoms. The first kappa shape index (κ1) is 25.9. The van der Waals surface area contributed by atoms with Crippen LogP contribution in [0.3, 0.4) is 0 Å². The number of nitrogens with zero attached hydrogens (tertiary/aromatic N) is 4. The quantitative estimate of drug-likeness (QED) is 0.276. The lowest BCUT2D eigenvalue weighted by Gasteiger charge is -2.12. The predicted octanol–water partition coefficient (Wildman–Crippen LogP) is 5.39. The zero-order chi connectivity index (χ0) is 25.7. The van der Waals surface area contributed by atoms with Crippen molar-refractivity contribution in [3.05, 3.63) is 125 Å². The Kier molecular flexibility index (Phi) is 8.39. The van der Waals surface area contributed by atoms with Crippen LogP contribution in [-0.2, 0) is 25.9 Å². The highest BCUT2D eigenvalue weighted by atomic mass is 35.5. The van der Waals surface area contributed by atoms with E-state index in [0.717, 1.165) is 33.6 Å². The van der Waals surface area contributed by atoms with Crippen molar-refractivity contribution >= 4 is 23.2 Å². The van der Waals surface area contributed by atoms with Crippen molar-refractivity contribution in [2.24, 2.45) is 0 Å². The maximum atomic E-state index is 12.6. The van der Waals surface area contributed by atoms with E-state index >= 15 is 0 Å². The molecule has 0 aliphatic rings. The molecule has 2 aromatic heterocycles. The molecular formula is C28H28Cl2N4O2. The van der Waals surface area contributed by atoms with Crippen LogP contribution in [0.15, 0.2) is 70.3 Å². The van der Waals surface area contributed by atoms with Crippen LogP contribution in [0.5, 0.6) is 0 Å². The molecule has 4 rings (SSSR count). The number of aryl methyl sites for hydroxylation is 4. The fourth-order valence-electron chi connectivity index (χ4n) is 4.14. The van der Waals surface area contributed by atoms with Gasteiger partial charge in [0.2, 0.25) is 0 Å². The van der Waals surface area contributed by atoms with Gasteiger partial charge in [-0.2, -0.15) is 10.2 Å². The van der Waals surface area contributed by atoms with E-state index in [1.54, 1.807) is 12.1 Å². The van der Waals surface area contributed by atoms with Gasteiger partial charge in [0, 0.05) is 48.1 Å². The molecule has 0 atom stereocenters. The standard InChI is InChI=1S/C28H28Cl2N4O2/c1-19-23(15-21-9-3-5-11-25(21)29)17-27(35)33(31-19)13-7-8-14-34-28(36)18-24(20(2)32-34)16-22-10-4-6-12-26(22)30/h3-6,9-12,17-18H,7-8,13-16H2,1-2H3. The number of aromatic nitrogens is 4. The summed E-state index contributed by atoms with van der Waals surface area (Å²) in [6.07, 6.45) is 2.53. The van der Waals surface area contributed by atoms with E-state index in [9.17, 15) is 9.59 Å². The van der Waals surface area contributed by atoms with Gasteiger partial charge >= 0.3 is 0 Å². The summed E-state index contributed by atoms with van der Waals surface area (Å²) in [6.45, 7) is 4.76. The Morgan fingerprint density at radius 3 is 1.42 bits per heavy atom. The van der Waals surface area contributed by atoms with Gasteiger partial charge in [0.05, 0.1) is 11.4 Å². The molecule has 0 spiro atoms. The third-order valence-electron chi connectivity index (χ3n) is 6.24. The second-order valence-corrected chi connectivity index (χ2v) is 9.69. The van der Waals surface area contributed by atoms with Crippen molar-refractivity contribution in [2.45, 2.75) is 52.6 Å². The van der Waals surface area contributed by atoms with E-state index in [-0.39, 0.29) is 11.1 Å². The minimum atomic E-state index is -0.141. The van der Waals surface area contributed by atoms with Crippen LogP contribution >= 0.6 is 23.2 Å². The summed E-state index contributed by atoms with van der Waals surface area (Å²) in [5, 5.41) is 10.4. The lowest BCUT2D eigenvalue weighted by atomic mass is 10.0. The summed E-state index contributed by atoms with van der Waals surface area (Å²) < 4.78 is 2.97. The SMILES string of the molecule is Cc1nn(CCCCn2nc(C)c(Cc3ccccc3Cl)cc2=O)c(=O)cc1Cc1ccccc1Cl. The van der Waals surface area contributed by atoms with E-state index in [1.165, 1.54) is 9.36 Å². The maximum Gasteiger partial charge on any atom is 0.267 e. The molecule has 4 aromatic rings. The molecule has 0 fully saturated rings. The third kappa shape index (κ3) is 6.31. The van der Waals surface area contributed by atoms with Gasteiger partial charge < -0.3 is 0 Å². The van der Waals surface area contributed by atoms with Crippen molar-refractivity contribution < 1.29 is 0 Å². The molecule has 0 aliphatic carbocycles. The first-order valence-corrected chi connectivity index (χ1v) is 12.7. The van der Waals surface area contributed by atoms with Gasteiger partial charge in [-0.1, -0.05) is 59.6 Å². The zero-order valence-electron chi connectivity index (χ0n) is 20.4. The molecule has 36 heavy (non-hydrogen) atoms. The topological polar surface area (TPSA) is 69.8 Å². The van der Waals surface area contributed by atoms with Crippen LogP contribution < -0.4 is 11.1 Å². The lowest BCUT2D eigenvalue weighted by molar-refractivity contribution is 0.471. The molecule has 0 amide bonds.